The van der Waals surface area contributed by atoms with Gasteiger partial charge in [0.25, 0.3) is 0 Å². The van der Waals surface area contributed by atoms with Crippen molar-refractivity contribution < 1.29 is 4.79 Å². The van der Waals surface area contributed by atoms with Crippen molar-refractivity contribution in [1.29, 1.82) is 0 Å². The van der Waals surface area contributed by atoms with Crippen molar-refractivity contribution in [2.45, 2.75) is 13.8 Å². The maximum Gasteiger partial charge on any atom is 0.154 e. The van der Waals surface area contributed by atoms with Crippen LogP contribution >= 0.6 is 0 Å². The van der Waals surface area contributed by atoms with E-state index >= 15 is 0 Å². The summed E-state index contributed by atoms with van der Waals surface area (Å²) in [5, 5.41) is 0. The first-order valence-electron chi connectivity index (χ1n) is 2.32. The average molecular weight is 114 g/mol. The standard InChI is InChI=1S/C5H10N2O/c1-4(7-6)3-5(2)8/h3,7H,6H2,1-2H3/b4-3+. The normalized spacial score (nSPS) is 11.1. The maximum atomic E-state index is 10.2. The molecular weight excluding hydrogens is 104 g/mol. The van der Waals surface area contributed by atoms with Crippen molar-refractivity contribution in [3.8, 4) is 0 Å². The van der Waals surface area contributed by atoms with Gasteiger partial charge < -0.3 is 5.43 Å². The molecule has 0 saturated carbocycles. The second kappa shape index (κ2) is 3.21. The van der Waals surface area contributed by atoms with Crippen molar-refractivity contribution in [3.63, 3.8) is 0 Å². The summed E-state index contributed by atoms with van der Waals surface area (Å²) in [4.78, 5) is 10.2. The van der Waals surface area contributed by atoms with Gasteiger partial charge in [-0.2, -0.15) is 0 Å². The molecule has 8 heavy (non-hydrogen) atoms. The first-order valence-corrected chi connectivity index (χ1v) is 2.32. The molecule has 0 bridgehead atoms. The van der Waals surface area contributed by atoms with Gasteiger partial charge in [-0.25, -0.2) is 0 Å². The van der Waals surface area contributed by atoms with E-state index in [4.69, 9.17) is 5.84 Å². The minimum Gasteiger partial charge on any atom is -0.328 e. The van der Waals surface area contributed by atoms with Crippen LogP contribution in [0.1, 0.15) is 13.8 Å². The third-order valence-corrected chi connectivity index (χ3v) is 0.647. The topological polar surface area (TPSA) is 55.1 Å². The number of nitrogens with one attached hydrogen (secondary N) is 1. The largest absolute Gasteiger partial charge is 0.328 e. The zero-order chi connectivity index (χ0) is 6.57. The predicted molar refractivity (Wildman–Crippen MR) is 31.8 cm³/mol. The Bertz CT molecular complexity index is 118. The Hall–Kier alpha value is -0.830. The number of carbonyl (C=O) groups is 1. The molecule has 0 radical (unpaired) electrons. The van der Waals surface area contributed by atoms with Gasteiger partial charge in [0.15, 0.2) is 5.78 Å². The fraction of sp³-hybridized carbons (Fsp3) is 0.400. The fourth-order valence-electron chi connectivity index (χ4n) is 0.347. The second-order valence-electron chi connectivity index (χ2n) is 1.58. The van der Waals surface area contributed by atoms with Gasteiger partial charge in [0.05, 0.1) is 0 Å². The molecule has 0 saturated heterocycles. The molecule has 0 atom stereocenters. The minimum absolute atomic E-state index is 0.000417. The molecule has 0 rings (SSSR count). The highest BCUT2D eigenvalue weighted by molar-refractivity contribution is 5.87. The molecule has 0 aliphatic carbocycles. The maximum absolute atomic E-state index is 10.2. The van der Waals surface area contributed by atoms with Crippen LogP contribution in [0.15, 0.2) is 11.8 Å². The van der Waals surface area contributed by atoms with Gasteiger partial charge in [-0.3, -0.25) is 10.6 Å². The van der Waals surface area contributed by atoms with Crippen LogP contribution in [0.4, 0.5) is 0 Å². The van der Waals surface area contributed by atoms with Crippen molar-refractivity contribution in [1.82, 2.24) is 5.43 Å². The van der Waals surface area contributed by atoms with Gasteiger partial charge in [0, 0.05) is 11.8 Å². The number of nitrogens with two attached hydrogens (primary N) is 1. The number of ketones is 1. The SMILES string of the molecule is CC(=O)/C=C(\C)NN. The van der Waals surface area contributed by atoms with Crippen LogP contribution in [0, 0.1) is 0 Å². The smallest absolute Gasteiger partial charge is 0.154 e. The second-order valence-corrected chi connectivity index (χ2v) is 1.58. The summed E-state index contributed by atoms with van der Waals surface area (Å²) < 4.78 is 0. The predicted octanol–water partition coefficient (Wildman–Crippen LogP) is -0.0575. The van der Waals surface area contributed by atoms with Crippen molar-refractivity contribution in [3.05, 3.63) is 11.8 Å². The molecule has 0 aromatic rings. The zero-order valence-electron chi connectivity index (χ0n) is 5.06. The first kappa shape index (κ1) is 7.17. The lowest BCUT2D eigenvalue weighted by molar-refractivity contribution is -0.112. The number of rotatable bonds is 2. The van der Waals surface area contributed by atoms with E-state index in [2.05, 4.69) is 5.43 Å². The van der Waals surface area contributed by atoms with E-state index in [1.54, 1.807) is 6.92 Å². The molecule has 0 unspecified atom stereocenters. The van der Waals surface area contributed by atoms with E-state index in [0.29, 0.717) is 5.70 Å². The summed E-state index contributed by atoms with van der Waals surface area (Å²) in [6.07, 6.45) is 1.43. The molecular formula is C5H10N2O. The Labute approximate surface area is 48.5 Å². The van der Waals surface area contributed by atoms with Gasteiger partial charge in [-0.1, -0.05) is 0 Å². The van der Waals surface area contributed by atoms with Gasteiger partial charge >= 0.3 is 0 Å². The summed E-state index contributed by atoms with van der Waals surface area (Å²) in [7, 11) is 0. The lowest BCUT2D eigenvalue weighted by Crippen LogP contribution is -2.19. The molecule has 0 aliphatic heterocycles. The Morgan fingerprint density at radius 1 is 1.62 bits per heavy atom. The van der Waals surface area contributed by atoms with E-state index in [1.165, 1.54) is 13.0 Å². The summed E-state index contributed by atoms with van der Waals surface area (Å²) in [5.41, 5.74) is 3.01. The summed E-state index contributed by atoms with van der Waals surface area (Å²) >= 11 is 0. The third-order valence-electron chi connectivity index (χ3n) is 0.647. The summed E-state index contributed by atoms with van der Waals surface area (Å²) in [6.45, 7) is 3.20. The third kappa shape index (κ3) is 3.36. The molecule has 0 heterocycles. The lowest BCUT2D eigenvalue weighted by Gasteiger charge is -1.93. The quantitative estimate of drug-likeness (QED) is 0.300. The first-order chi connectivity index (χ1) is 3.66. The highest BCUT2D eigenvalue weighted by Crippen LogP contribution is 1.81. The minimum atomic E-state index is 0.000417. The molecule has 0 aliphatic rings. The van der Waals surface area contributed by atoms with E-state index in [9.17, 15) is 4.79 Å². The number of hydrogen-bond donors (Lipinski definition) is 2. The average Bonchev–Trinajstić information content (AvgIpc) is 1.65. The molecule has 0 aromatic heterocycles. The molecule has 3 nitrogen and oxygen atoms in total. The Morgan fingerprint density at radius 3 is 2.25 bits per heavy atom. The van der Waals surface area contributed by atoms with Crippen molar-refractivity contribution in [2.75, 3.05) is 0 Å². The Kier molecular flexibility index (Phi) is 2.88. The zero-order valence-corrected chi connectivity index (χ0v) is 5.06. The van der Waals surface area contributed by atoms with E-state index < -0.39 is 0 Å². The lowest BCUT2D eigenvalue weighted by atomic mass is 10.3. The molecule has 0 spiro atoms. The molecule has 3 heteroatoms. The Balaban J connectivity index is 3.75. The van der Waals surface area contributed by atoms with E-state index in [1.807, 2.05) is 0 Å². The van der Waals surface area contributed by atoms with Crippen LogP contribution in [0.25, 0.3) is 0 Å². The fourth-order valence-corrected chi connectivity index (χ4v) is 0.347. The van der Waals surface area contributed by atoms with Crippen LogP contribution in [-0.2, 0) is 4.79 Å². The highest BCUT2D eigenvalue weighted by atomic mass is 16.1. The van der Waals surface area contributed by atoms with Crippen LogP contribution in [0.5, 0.6) is 0 Å². The van der Waals surface area contributed by atoms with Crippen LogP contribution < -0.4 is 11.3 Å². The molecule has 3 N–H and O–H groups in total. The van der Waals surface area contributed by atoms with Crippen molar-refractivity contribution in [2.24, 2.45) is 5.84 Å². The number of hydrazine groups is 1. The van der Waals surface area contributed by atoms with Gasteiger partial charge in [0.2, 0.25) is 0 Å². The summed E-state index contributed by atoms with van der Waals surface area (Å²) in [6, 6.07) is 0. The Morgan fingerprint density at radius 2 is 2.12 bits per heavy atom. The van der Waals surface area contributed by atoms with Crippen molar-refractivity contribution >= 4 is 5.78 Å². The summed E-state index contributed by atoms with van der Waals surface area (Å²) in [5.74, 6) is 4.95. The van der Waals surface area contributed by atoms with E-state index in [0.717, 1.165) is 0 Å². The van der Waals surface area contributed by atoms with Gasteiger partial charge in [0.1, 0.15) is 0 Å². The molecule has 0 amide bonds. The number of carbonyl (C=O) groups excluding carboxylic acids is 1. The number of allylic oxidation sites excluding steroid dienone is 2. The van der Waals surface area contributed by atoms with Gasteiger partial charge in [-0.05, 0) is 13.8 Å². The van der Waals surface area contributed by atoms with Crippen LogP contribution in [0.2, 0.25) is 0 Å². The van der Waals surface area contributed by atoms with Gasteiger partial charge in [-0.15, -0.1) is 0 Å². The number of hydrogen-bond acceptors (Lipinski definition) is 3. The molecule has 0 aromatic carbocycles. The highest BCUT2D eigenvalue weighted by Gasteiger charge is 1.84. The molecule has 46 valence electrons. The van der Waals surface area contributed by atoms with E-state index in [-0.39, 0.29) is 5.78 Å². The monoisotopic (exact) mass is 114 g/mol. The molecule has 0 fully saturated rings. The van der Waals surface area contributed by atoms with Crippen LogP contribution in [-0.4, -0.2) is 5.78 Å². The van der Waals surface area contributed by atoms with Crippen LogP contribution in [0.3, 0.4) is 0 Å².